The Labute approximate surface area is 159 Å². The van der Waals surface area contributed by atoms with Gasteiger partial charge in [-0.05, 0) is 44.0 Å². The van der Waals surface area contributed by atoms with E-state index in [4.69, 9.17) is 14.2 Å². The van der Waals surface area contributed by atoms with Gasteiger partial charge in [0.1, 0.15) is 0 Å². The van der Waals surface area contributed by atoms with E-state index in [1.54, 1.807) is 26.2 Å². The Morgan fingerprint density at radius 2 is 1.63 bits per heavy atom. The van der Waals surface area contributed by atoms with E-state index in [0.717, 1.165) is 16.8 Å². The van der Waals surface area contributed by atoms with Crippen molar-refractivity contribution in [1.82, 2.24) is 0 Å². The Balaban J connectivity index is 1.82. The van der Waals surface area contributed by atoms with Gasteiger partial charge < -0.3 is 19.5 Å². The number of hydrogen-bond donors (Lipinski definition) is 1. The van der Waals surface area contributed by atoms with E-state index in [9.17, 15) is 9.59 Å². The van der Waals surface area contributed by atoms with Gasteiger partial charge in [-0.25, -0.2) is 0 Å². The molecule has 6 nitrogen and oxygen atoms in total. The van der Waals surface area contributed by atoms with Gasteiger partial charge in [0.05, 0.1) is 20.1 Å². The molecule has 6 heteroatoms. The summed E-state index contributed by atoms with van der Waals surface area (Å²) in [5.74, 6) is 0.265. The van der Waals surface area contributed by atoms with Gasteiger partial charge in [0.15, 0.2) is 17.6 Å². The number of para-hydroxylation sites is 3. The molecule has 144 valence electrons. The summed E-state index contributed by atoms with van der Waals surface area (Å²) in [4.78, 5) is 24.3. The van der Waals surface area contributed by atoms with Crippen LogP contribution in [0, 0.1) is 13.8 Å². The quantitative estimate of drug-likeness (QED) is 0.717. The van der Waals surface area contributed by atoms with Crippen molar-refractivity contribution >= 4 is 17.6 Å². The number of anilines is 1. The molecule has 1 unspecified atom stereocenters. The second-order valence-corrected chi connectivity index (χ2v) is 6.14. The van der Waals surface area contributed by atoms with Gasteiger partial charge in [0.25, 0.3) is 5.91 Å². The third-order valence-electron chi connectivity index (χ3n) is 4.04. The van der Waals surface area contributed by atoms with E-state index in [-0.39, 0.29) is 18.9 Å². The highest BCUT2D eigenvalue weighted by Crippen LogP contribution is 2.25. The summed E-state index contributed by atoms with van der Waals surface area (Å²) in [6.45, 7) is 5.50. The van der Waals surface area contributed by atoms with Crippen LogP contribution in [0.1, 0.15) is 24.5 Å². The molecule has 2 aromatic rings. The fourth-order valence-corrected chi connectivity index (χ4v) is 2.53. The molecule has 27 heavy (non-hydrogen) atoms. The third kappa shape index (κ3) is 5.74. The first-order valence-electron chi connectivity index (χ1n) is 8.74. The van der Waals surface area contributed by atoms with Gasteiger partial charge in [-0.3, -0.25) is 9.59 Å². The number of methoxy groups -OCH3 is 1. The van der Waals surface area contributed by atoms with Gasteiger partial charge in [-0.2, -0.15) is 0 Å². The highest BCUT2D eigenvalue weighted by Gasteiger charge is 2.19. The fraction of sp³-hybridized carbons (Fsp3) is 0.333. The van der Waals surface area contributed by atoms with Gasteiger partial charge >= 0.3 is 5.97 Å². The highest BCUT2D eigenvalue weighted by atomic mass is 16.6. The van der Waals surface area contributed by atoms with Crippen LogP contribution in [0.15, 0.2) is 42.5 Å². The molecule has 0 aromatic heterocycles. The average molecular weight is 371 g/mol. The molecule has 0 fully saturated rings. The summed E-state index contributed by atoms with van der Waals surface area (Å²) in [5.41, 5.74) is 2.64. The normalized spacial score (nSPS) is 11.4. The van der Waals surface area contributed by atoms with Crippen LogP contribution in [0.4, 0.5) is 5.69 Å². The van der Waals surface area contributed by atoms with Crippen molar-refractivity contribution < 1.29 is 23.8 Å². The van der Waals surface area contributed by atoms with E-state index in [2.05, 4.69) is 5.32 Å². The SMILES string of the molecule is COc1ccccc1OCCC(=O)OC(C)C(=O)Nc1c(C)cccc1C. The van der Waals surface area contributed by atoms with Crippen LogP contribution >= 0.6 is 0 Å². The minimum atomic E-state index is -0.900. The van der Waals surface area contributed by atoms with Gasteiger partial charge in [-0.1, -0.05) is 30.3 Å². The van der Waals surface area contributed by atoms with Crippen molar-refractivity contribution in [3.63, 3.8) is 0 Å². The van der Waals surface area contributed by atoms with Crippen LogP contribution in [0.3, 0.4) is 0 Å². The van der Waals surface area contributed by atoms with E-state index in [0.29, 0.717) is 11.5 Å². The summed E-state index contributed by atoms with van der Waals surface area (Å²) < 4.78 is 15.9. The van der Waals surface area contributed by atoms with Crippen LogP contribution in [0.25, 0.3) is 0 Å². The molecule has 0 saturated heterocycles. The first-order chi connectivity index (χ1) is 12.9. The maximum absolute atomic E-state index is 12.3. The topological polar surface area (TPSA) is 73.9 Å². The number of nitrogens with one attached hydrogen (secondary N) is 1. The van der Waals surface area contributed by atoms with Crippen molar-refractivity contribution in [2.75, 3.05) is 19.0 Å². The number of ether oxygens (including phenoxy) is 3. The molecular weight excluding hydrogens is 346 g/mol. The van der Waals surface area contributed by atoms with Crippen molar-refractivity contribution in [3.8, 4) is 11.5 Å². The second kappa shape index (κ2) is 9.62. The van der Waals surface area contributed by atoms with E-state index < -0.39 is 12.1 Å². The zero-order valence-electron chi connectivity index (χ0n) is 16.1. The van der Waals surface area contributed by atoms with E-state index in [1.807, 2.05) is 44.2 Å². The van der Waals surface area contributed by atoms with Gasteiger partial charge in [0, 0.05) is 5.69 Å². The highest BCUT2D eigenvalue weighted by molar-refractivity contribution is 5.96. The maximum Gasteiger partial charge on any atom is 0.310 e. The predicted octanol–water partition coefficient (Wildman–Crippen LogP) is 3.65. The summed E-state index contributed by atoms with van der Waals surface area (Å²) in [6, 6.07) is 12.9. The van der Waals surface area contributed by atoms with E-state index in [1.165, 1.54) is 0 Å². The smallest absolute Gasteiger partial charge is 0.310 e. The number of hydrogen-bond acceptors (Lipinski definition) is 5. The lowest BCUT2D eigenvalue weighted by Gasteiger charge is -2.16. The lowest BCUT2D eigenvalue weighted by atomic mass is 10.1. The molecule has 0 aliphatic heterocycles. The zero-order chi connectivity index (χ0) is 19.8. The number of aryl methyl sites for hydroxylation is 2. The molecule has 0 spiro atoms. The largest absolute Gasteiger partial charge is 0.493 e. The Morgan fingerprint density at radius 3 is 2.26 bits per heavy atom. The first kappa shape index (κ1) is 20.3. The first-order valence-corrected chi connectivity index (χ1v) is 8.74. The maximum atomic E-state index is 12.3. The van der Waals surface area contributed by atoms with Crippen LogP contribution in [0.5, 0.6) is 11.5 Å². The molecule has 0 aliphatic rings. The Hall–Kier alpha value is -3.02. The number of amides is 1. The Bertz CT molecular complexity index is 783. The fourth-order valence-electron chi connectivity index (χ4n) is 2.53. The Kier molecular flexibility index (Phi) is 7.23. The molecule has 1 atom stereocenters. The van der Waals surface area contributed by atoms with Crippen molar-refractivity contribution in [1.29, 1.82) is 0 Å². The van der Waals surface area contributed by atoms with Crippen LogP contribution in [-0.4, -0.2) is 31.7 Å². The number of carbonyl (C=O) groups excluding carboxylic acids is 2. The number of rotatable bonds is 8. The molecule has 2 aromatic carbocycles. The zero-order valence-corrected chi connectivity index (χ0v) is 16.1. The van der Waals surface area contributed by atoms with Crippen molar-refractivity contribution in [2.45, 2.75) is 33.3 Å². The summed E-state index contributed by atoms with van der Waals surface area (Å²) in [6.07, 6.45) is -0.873. The molecule has 0 saturated carbocycles. The molecule has 0 bridgehead atoms. The average Bonchev–Trinajstić information content (AvgIpc) is 2.65. The molecular formula is C21H25NO5. The summed E-state index contributed by atoms with van der Waals surface area (Å²) >= 11 is 0. The lowest BCUT2D eigenvalue weighted by Crippen LogP contribution is -2.30. The molecule has 1 amide bonds. The molecule has 2 rings (SSSR count). The van der Waals surface area contributed by atoms with Crippen LogP contribution in [0.2, 0.25) is 0 Å². The number of carbonyl (C=O) groups is 2. The second-order valence-electron chi connectivity index (χ2n) is 6.14. The Morgan fingerprint density at radius 1 is 1.00 bits per heavy atom. The van der Waals surface area contributed by atoms with E-state index >= 15 is 0 Å². The van der Waals surface area contributed by atoms with Crippen molar-refractivity contribution in [2.24, 2.45) is 0 Å². The summed E-state index contributed by atoms with van der Waals surface area (Å²) in [5, 5.41) is 2.82. The lowest BCUT2D eigenvalue weighted by molar-refractivity contribution is -0.153. The molecule has 0 radical (unpaired) electrons. The summed E-state index contributed by atoms with van der Waals surface area (Å²) in [7, 11) is 1.55. The predicted molar refractivity (Wildman–Crippen MR) is 103 cm³/mol. The monoisotopic (exact) mass is 371 g/mol. The van der Waals surface area contributed by atoms with Crippen LogP contribution < -0.4 is 14.8 Å². The third-order valence-corrected chi connectivity index (χ3v) is 4.04. The van der Waals surface area contributed by atoms with Gasteiger partial charge in [0.2, 0.25) is 0 Å². The van der Waals surface area contributed by atoms with Gasteiger partial charge in [-0.15, -0.1) is 0 Å². The molecule has 0 heterocycles. The molecule has 0 aliphatic carbocycles. The minimum Gasteiger partial charge on any atom is -0.493 e. The number of benzene rings is 2. The standard InChI is InChI=1S/C21H25NO5/c1-14-8-7-9-15(2)20(14)22-21(24)16(3)27-19(23)12-13-26-18-11-6-5-10-17(18)25-4/h5-11,16H,12-13H2,1-4H3,(H,22,24). The van der Waals surface area contributed by atoms with Crippen molar-refractivity contribution in [3.05, 3.63) is 53.6 Å². The minimum absolute atomic E-state index is 0.0268. The van der Waals surface area contributed by atoms with Crippen LogP contribution in [-0.2, 0) is 14.3 Å². The number of esters is 1. The molecule has 1 N–H and O–H groups in total.